The Hall–Kier alpha value is -2.64. The van der Waals surface area contributed by atoms with Crippen LogP contribution in [-0.2, 0) is 6.42 Å². The first-order valence-corrected chi connectivity index (χ1v) is 8.52. The number of amides is 2. The van der Waals surface area contributed by atoms with E-state index >= 15 is 0 Å². The Labute approximate surface area is 153 Å². The van der Waals surface area contributed by atoms with Crippen molar-refractivity contribution in [1.82, 2.24) is 10.6 Å². The molecule has 2 amide bonds. The van der Waals surface area contributed by atoms with Crippen molar-refractivity contribution < 1.29 is 9.53 Å². The number of aryl methyl sites for hydroxylation is 1. The number of hydrogen-bond acceptors (Lipinski definition) is 2. The van der Waals surface area contributed by atoms with Crippen molar-refractivity contribution in [3.8, 4) is 17.6 Å². The summed E-state index contributed by atoms with van der Waals surface area (Å²) in [4.78, 5) is 11.6. The maximum Gasteiger partial charge on any atom is 0.315 e. The lowest BCUT2D eigenvalue weighted by Gasteiger charge is -2.05. The fourth-order valence-corrected chi connectivity index (χ4v) is 2.31. The molecule has 4 nitrogen and oxygen atoms in total. The fraction of sp³-hybridized carbons (Fsp3) is 0.250. The van der Waals surface area contributed by atoms with E-state index in [4.69, 9.17) is 16.3 Å². The second-order valence-electron chi connectivity index (χ2n) is 5.27. The smallest absolute Gasteiger partial charge is 0.315 e. The van der Waals surface area contributed by atoms with Crippen LogP contribution in [0.4, 0.5) is 4.79 Å². The van der Waals surface area contributed by atoms with Crippen molar-refractivity contribution in [3.05, 3.63) is 65.2 Å². The summed E-state index contributed by atoms with van der Waals surface area (Å²) in [6.07, 6.45) is 1.84. The van der Waals surface area contributed by atoms with Gasteiger partial charge in [-0.1, -0.05) is 65.9 Å². The van der Waals surface area contributed by atoms with Crippen molar-refractivity contribution in [2.45, 2.75) is 12.8 Å². The first-order valence-electron chi connectivity index (χ1n) is 8.14. The number of halogens is 1. The number of hydrogen-bond donors (Lipinski definition) is 2. The fourth-order valence-electron chi connectivity index (χ4n) is 2.12. The molecule has 2 aromatic carbocycles. The number of carbonyl (C=O) groups is 1. The minimum atomic E-state index is -0.214. The highest BCUT2D eigenvalue weighted by Gasteiger charge is 1.98. The third-order valence-electron chi connectivity index (χ3n) is 3.37. The minimum Gasteiger partial charge on any atom is -0.479 e. The Bertz CT molecular complexity index is 723. The molecule has 0 unspecified atom stereocenters. The monoisotopic (exact) mass is 356 g/mol. The van der Waals surface area contributed by atoms with Gasteiger partial charge in [0.15, 0.2) is 0 Å². The number of benzene rings is 2. The van der Waals surface area contributed by atoms with Gasteiger partial charge in [0.1, 0.15) is 12.4 Å². The third-order valence-corrected chi connectivity index (χ3v) is 3.68. The molecule has 0 fully saturated rings. The standard InChI is InChI=1S/C20H21ClN2O2/c21-18-12-4-5-13-19(18)25-16-7-6-14-22-20(24)23-15-8-11-17-9-2-1-3-10-17/h1-5,9-10,12-13H,8,11,14-16H2,(H2,22,23,24). The van der Waals surface area contributed by atoms with Gasteiger partial charge in [0.05, 0.1) is 11.6 Å². The summed E-state index contributed by atoms with van der Waals surface area (Å²) in [5.74, 6) is 6.26. The van der Waals surface area contributed by atoms with E-state index in [0.717, 1.165) is 12.8 Å². The average Bonchev–Trinajstić information content (AvgIpc) is 2.64. The van der Waals surface area contributed by atoms with E-state index < -0.39 is 0 Å². The van der Waals surface area contributed by atoms with Crippen molar-refractivity contribution in [2.24, 2.45) is 0 Å². The highest BCUT2D eigenvalue weighted by molar-refractivity contribution is 6.32. The SMILES string of the molecule is O=C(NCC#CCOc1ccccc1Cl)NCCCc1ccccc1. The molecule has 0 aliphatic heterocycles. The molecule has 130 valence electrons. The number of nitrogens with one attached hydrogen (secondary N) is 2. The quantitative estimate of drug-likeness (QED) is 0.587. The summed E-state index contributed by atoms with van der Waals surface area (Å²) < 4.78 is 5.43. The number of carbonyl (C=O) groups excluding carboxylic acids is 1. The van der Waals surface area contributed by atoms with Crippen LogP contribution in [0.1, 0.15) is 12.0 Å². The zero-order valence-electron chi connectivity index (χ0n) is 13.9. The largest absolute Gasteiger partial charge is 0.479 e. The summed E-state index contributed by atoms with van der Waals surface area (Å²) in [6, 6.07) is 17.2. The van der Waals surface area contributed by atoms with E-state index in [1.165, 1.54) is 5.56 Å². The van der Waals surface area contributed by atoms with Gasteiger partial charge in [-0.2, -0.15) is 0 Å². The van der Waals surface area contributed by atoms with Gasteiger partial charge in [-0.3, -0.25) is 0 Å². The predicted molar refractivity (Wildman–Crippen MR) is 101 cm³/mol. The van der Waals surface area contributed by atoms with E-state index in [1.54, 1.807) is 12.1 Å². The van der Waals surface area contributed by atoms with Gasteiger partial charge in [-0.15, -0.1) is 0 Å². The topological polar surface area (TPSA) is 50.4 Å². The van der Waals surface area contributed by atoms with Crippen LogP contribution in [0.2, 0.25) is 5.02 Å². The number of para-hydroxylation sites is 1. The van der Waals surface area contributed by atoms with Gasteiger partial charge in [0.25, 0.3) is 0 Å². The van der Waals surface area contributed by atoms with E-state index in [2.05, 4.69) is 34.6 Å². The normalized spacial score (nSPS) is 9.64. The van der Waals surface area contributed by atoms with Gasteiger partial charge in [-0.05, 0) is 30.5 Å². The molecule has 0 aliphatic carbocycles. The molecule has 25 heavy (non-hydrogen) atoms. The molecule has 0 spiro atoms. The van der Waals surface area contributed by atoms with E-state index in [1.807, 2.05) is 30.3 Å². The second kappa shape index (κ2) is 11.0. The first kappa shape index (κ1) is 18.7. The lowest BCUT2D eigenvalue weighted by atomic mass is 10.1. The van der Waals surface area contributed by atoms with Gasteiger partial charge < -0.3 is 15.4 Å². The van der Waals surface area contributed by atoms with Crippen LogP contribution in [0.25, 0.3) is 0 Å². The van der Waals surface area contributed by atoms with Crippen LogP contribution in [0.5, 0.6) is 5.75 Å². The van der Waals surface area contributed by atoms with Crippen LogP contribution < -0.4 is 15.4 Å². The molecule has 0 saturated carbocycles. The lowest BCUT2D eigenvalue weighted by molar-refractivity contribution is 0.242. The summed E-state index contributed by atoms with van der Waals surface area (Å²) in [5, 5.41) is 6.05. The molecule has 2 N–H and O–H groups in total. The van der Waals surface area contributed by atoms with Crippen LogP contribution in [-0.4, -0.2) is 25.7 Å². The van der Waals surface area contributed by atoms with Crippen LogP contribution in [0.3, 0.4) is 0 Å². The van der Waals surface area contributed by atoms with Gasteiger partial charge in [-0.25, -0.2) is 4.79 Å². The van der Waals surface area contributed by atoms with Crippen LogP contribution in [0.15, 0.2) is 54.6 Å². The van der Waals surface area contributed by atoms with Crippen molar-refractivity contribution in [2.75, 3.05) is 19.7 Å². The molecular formula is C20H21ClN2O2. The Kier molecular flexibility index (Phi) is 8.23. The van der Waals surface area contributed by atoms with E-state index in [9.17, 15) is 4.79 Å². The molecule has 5 heteroatoms. The number of rotatable bonds is 7. The highest BCUT2D eigenvalue weighted by atomic mass is 35.5. The van der Waals surface area contributed by atoms with Crippen LogP contribution in [0, 0.1) is 11.8 Å². The maximum atomic E-state index is 11.6. The molecular weight excluding hydrogens is 336 g/mol. The second-order valence-corrected chi connectivity index (χ2v) is 5.68. The average molecular weight is 357 g/mol. The zero-order valence-corrected chi connectivity index (χ0v) is 14.7. The summed E-state index contributed by atoms with van der Waals surface area (Å²) in [5.41, 5.74) is 1.27. The van der Waals surface area contributed by atoms with Gasteiger partial charge >= 0.3 is 6.03 Å². The third kappa shape index (κ3) is 7.65. The highest BCUT2D eigenvalue weighted by Crippen LogP contribution is 2.22. The molecule has 0 atom stereocenters. The summed E-state index contributed by atoms with van der Waals surface area (Å²) >= 11 is 5.97. The lowest BCUT2D eigenvalue weighted by Crippen LogP contribution is -2.36. The zero-order chi connectivity index (χ0) is 17.7. The van der Waals surface area contributed by atoms with Crippen molar-refractivity contribution in [1.29, 1.82) is 0 Å². The first-order chi connectivity index (χ1) is 12.3. The molecule has 2 rings (SSSR count). The van der Waals surface area contributed by atoms with Gasteiger partial charge in [0.2, 0.25) is 0 Å². The van der Waals surface area contributed by atoms with Gasteiger partial charge in [0, 0.05) is 6.54 Å². The molecule has 0 aromatic heterocycles. The van der Waals surface area contributed by atoms with Crippen LogP contribution >= 0.6 is 11.6 Å². The molecule has 0 saturated heterocycles. The molecule has 0 heterocycles. The number of ether oxygens (including phenoxy) is 1. The summed E-state index contributed by atoms with van der Waals surface area (Å²) in [6.45, 7) is 1.13. The molecule has 0 aliphatic rings. The Balaban J connectivity index is 1.53. The molecule has 0 bridgehead atoms. The predicted octanol–water partition coefficient (Wildman–Crippen LogP) is 3.65. The van der Waals surface area contributed by atoms with E-state index in [-0.39, 0.29) is 19.2 Å². The molecule has 0 radical (unpaired) electrons. The Morgan fingerprint density at radius 3 is 2.56 bits per heavy atom. The number of urea groups is 1. The maximum absolute atomic E-state index is 11.6. The van der Waals surface area contributed by atoms with E-state index in [0.29, 0.717) is 17.3 Å². The van der Waals surface area contributed by atoms with Crippen molar-refractivity contribution >= 4 is 17.6 Å². The Morgan fingerprint density at radius 1 is 1.00 bits per heavy atom. The molecule has 2 aromatic rings. The van der Waals surface area contributed by atoms with Crippen molar-refractivity contribution in [3.63, 3.8) is 0 Å². The Morgan fingerprint density at radius 2 is 1.76 bits per heavy atom. The minimum absolute atomic E-state index is 0.214. The summed E-state index contributed by atoms with van der Waals surface area (Å²) in [7, 11) is 0.